The van der Waals surface area contributed by atoms with E-state index in [9.17, 15) is 4.79 Å². The van der Waals surface area contributed by atoms with Gasteiger partial charge in [0.25, 0.3) is 0 Å². The first-order chi connectivity index (χ1) is 12.0. The van der Waals surface area contributed by atoms with Crippen LogP contribution in [0.5, 0.6) is 5.75 Å². The summed E-state index contributed by atoms with van der Waals surface area (Å²) in [5.74, 6) is 1.80. The van der Waals surface area contributed by atoms with Crippen molar-refractivity contribution < 1.29 is 9.53 Å². The van der Waals surface area contributed by atoms with E-state index in [1.165, 1.54) is 10.5 Å². The van der Waals surface area contributed by atoms with Gasteiger partial charge < -0.3 is 10.1 Å². The second-order valence-corrected chi connectivity index (χ2v) is 7.60. The summed E-state index contributed by atoms with van der Waals surface area (Å²) >= 11 is 7.60. The van der Waals surface area contributed by atoms with Gasteiger partial charge in [-0.1, -0.05) is 29.3 Å². The first-order valence-corrected chi connectivity index (χ1v) is 9.76. The summed E-state index contributed by atoms with van der Waals surface area (Å²) in [5.41, 5.74) is 1.20. The highest BCUT2D eigenvalue weighted by molar-refractivity contribution is 7.99. The molecule has 5 heteroatoms. The molecule has 0 heterocycles. The predicted molar refractivity (Wildman–Crippen MR) is 106 cm³/mol. The van der Waals surface area contributed by atoms with Crippen LogP contribution in [-0.4, -0.2) is 24.3 Å². The van der Waals surface area contributed by atoms with Gasteiger partial charge in [0.15, 0.2) is 0 Å². The molecule has 0 bridgehead atoms. The van der Waals surface area contributed by atoms with Gasteiger partial charge in [0.05, 0.1) is 6.04 Å². The van der Waals surface area contributed by atoms with Crippen molar-refractivity contribution in [3.63, 3.8) is 0 Å². The van der Waals surface area contributed by atoms with Crippen molar-refractivity contribution in [1.82, 2.24) is 5.32 Å². The quantitative estimate of drug-likeness (QED) is 0.487. The van der Waals surface area contributed by atoms with Crippen LogP contribution in [0.25, 0.3) is 0 Å². The molecule has 0 unspecified atom stereocenters. The molecule has 2 aromatic rings. The fourth-order valence-electron chi connectivity index (χ4n) is 2.20. The Kier molecular flexibility index (Phi) is 8.16. The van der Waals surface area contributed by atoms with Crippen molar-refractivity contribution in [1.29, 1.82) is 0 Å². The smallest absolute Gasteiger partial charge is 0.220 e. The van der Waals surface area contributed by atoms with Crippen molar-refractivity contribution in [3.05, 3.63) is 59.1 Å². The Morgan fingerprint density at radius 2 is 1.84 bits per heavy atom. The standard InChI is InChI=1S/C20H24ClNO2S/c1-15-5-9-18(10-6-15)24-14-16(2)22-20(23)4-3-13-25-19-11-7-17(21)8-12-19/h5-12,16H,3-4,13-14H2,1-2H3,(H,22,23)/t16-/m1/s1. The number of aryl methyl sites for hydroxylation is 1. The zero-order valence-electron chi connectivity index (χ0n) is 14.6. The number of ether oxygens (including phenoxy) is 1. The Hall–Kier alpha value is -1.65. The van der Waals surface area contributed by atoms with Gasteiger partial charge in [-0.25, -0.2) is 0 Å². The minimum Gasteiger partial charge on any atom is -0.491 e. The lowest BCUT2D eigenvalue weighted by Crippen LogP contribution is -2.36. The average molecular weight is 378 g/mol. The second-order valence-electron chi connectivity index (χ2n) is 6.00. The number of carbonyl (C=O) groups excluding carboxylic acids is 1. The maximum atomic E-state index is 12.0. The zero-order chi connectivity index (χ0) is 18.1. The van der Waals surface area contributed by atoms with Gasteiger partial charge >= 0.3 is 0 Å². The van der Waals surface area contributed by atoms with Gasteiger partial charge in [-0.2, -0.15) is 0 Å². The number of benzene rings is 2. The molecule has 25 heavy (non-hydrogen) atoms. The SMILES string of the molecule is Cc1ccc(OC[C@@H](C)NC(=O)CCCSc2ccc(Cl)cc2)cc1. The largest absolute Gasteiger partial charge is 0.491 e. The fraction of sp³-hybridized carbons (Fsp3) is 0.350. The first-order valence-electron chi connectivity index (χ1n) is 8.40. The van der Waals surface area contributed by atoms with E-state index in [-0.39, 0.29) is 11.9 Å². The second kappa shape index (κ2) is 10.4. The van der Waals surface area contributed by atoms with Crippen LogP contribution in [0, 0.1) is 6.92 Å². The molecular formula is C20H24ClNO2S. The number of halogens is 1. The molecule has 134 valence electrons. The molecule has 0 aliphatic carbocycles. The molecule has 0 spiro atoms. The number of thioether (sulfide) groups is 1. The summed E-state index contributed by atoms with van der Waals surface area (Å²) in [5, 5.41) is 3.72. The number of carbonyl (C=O) groups is 1. The number of hydrogen-bond donors (Lipinski definition) is 1. The van der Waals surface area contributed by atoms with E-state index in [4.69, 9.17) is 16.3 Å². The molecule has 0 fully saturated rings. The maximum Gasteiger partial charge on any atom is 0.220 e. The van der Waals surface area contributed by atoms with Crippen molar-refractivity contribution in [3.8, 4) is 5.75 Å². The molecule has 1 N–H and O–H groups in total. The van der Waals surface area contributed by atoms with Crippen LogP contribution in [0.1, 0.15) is 25.3 Å². The van der Waals surface area contributed by atoms with Crippen LogP contribution in [0.4, 0.5) is 0 Å². The van der Waals surface area contributed by atoms with Crippen LogP contribution < -0.4 is 10.1 Å². The third-order valence-electron chi connectivity index (χ3n) is 3.56. The highest BCUT2D eigenvalue weighted by atomic mass is 35.5. The molecule has 1 amide bonds. The van der Waals surface area contributed by atoms with E-state index < -0.39 is 0 Å². The molecule has 2 rings (SSSR count). The first kappa shape index (κ1) is 19.7. The normalized spacial score (nSPS) is 11.8. The Morgan fingerprint density at radius 3 is 2.52 bits per heavy atom. The highest BCUT2D eigenvalue weighted by Crippen LogP contribution is 2.21. The number of rotatable bonds is 9. The van der Waals surface area contributed by atoms with Crippen LogP contribution in [0.2, 0.25) is 5.02 Å². The van der Waals surface area contributed by atoms with E-state index in [0.717, 1.165) is 22.9 Å². The molecule has 0 saturated carbocycles. The Labute approximate surface area is 159 Å². The summed E-state index contributed by atoms with van der Waals surface area (Å²) in [6, 6.07) is 15.6. The summed E-state index contributed by atoms with van der Waals surface area (Å²) < 4.78 is 5.69. The van der Waals surface area contributed by atoms with Crippen molar-refractivity contribution in [2.75, 3.05) is 12.4 Å². The van der Waals surface area contributed by atoms with Gasteiger partial charge in [-0.15, -0.1) is 11.8 Å². The minimum atomic E-state index is -0.0160. The van der Waals surface area contributed by atoms with Crippen LogP contribution in [0.3, 0.4) is 0 Å². The lowest BCUT2D eigenvalue weighted by atomic mass is 10.2. The molecular weight excluding hydrogens is 354 g/mol. The summed E-state index contributed by atoms with van der Waals surface area (Å²) in [6.45, 7) is 4.46. The summed E-state index contributed by atoms with van der Waals surface area (Å²) in [6.07, 6.45) is 1.36. The molecule has 2 aromatic carbocycles. The molecule has 0 aromatic heterocycles. The van der Waals surface area contributed by atoms with Crippen LogP contribution >= 0.6 is 23.4 Å². The number of hydrogen-bond acceptors (Lipinski definition) is 3. The topological polar surface area (TPSA) is 38.3 Å². The van der Waals surface area contributed by atoms with E-state index >= 15 is 0 Å². The van der Waals surface area contributed by atoms with E-state index in [2.05, 4.69) is 5.32 Å². The summed E-state index contributed by atoms with van der Waals surface area (Å²) in [7, 11) is 0. The van der Waals surface area contributed by atoms with Gasteiger partial charge in [-0.05, 0) is 62.4 Å². The highest BCUT2D eigenvalue weighted by Gasteiger charge is 2.08. The third-order valence-corrected chi connectivity index (χ3v) is 4.91. The Balaban J connectivity index is 1.59. The van der Waals surface area contributed by atoms with Crippen LogP contribution in [-0.2, 0) is 4.79 Å². The lowest BCUT2D eigenvalue weighted by Gasteiger charge is -2.15. The molecule has 0 aliphatic heterocycles. The van der Waals surface area contributed by atoms with Crippen molar-refractivity contribution >= 4 is 29.3 Å². The Morgan fingerprint density at radius 1 is 1.16 bits per heavy atom. The van der Waals surface area contributed by atoms with Gasteiger partial charge in [-0.3, -0.25) is 4.79 Å². The summed E-state index contributed by atoms with van der Waals surface area (Å²) in [4.78, 5) is 13.1. The third kappa shape index (κ3) is 7.84. The maximum absolute atomic E-state index is 12.0. The van der Waals surface area contributed by atoms with Crippen molar-refractivity contribution in [2.24, 2.45) is 0 Å². The number of nitrogens with one attached hydrogen (secondary N) is 1. The van der Waals surface area contributed by atoms with Gasteiger partial charge in [0.2, 0.25) is 5.91 Å². The number of amides is 1. The molecule has 3 nitrogen and oxygen atoms in total. The average Bonchev–Trinajstić information content (AvgIpc) is 2.60. The lowest BCUT2D eigenvalue weighted by molar-refractivity contribution is -0.121. The van der Waals surface area contributed by atoms with Crippen LogP contribution in [0.15, 0.2) is 53.4 Å². The Bertz CT molecular complexity index is 658. The van der Waals surface area contributed by atoms with E-state index in [1.807, 2.05) is 62.4 Å². The minimum absolute atomic E-state index is 0.0160. The molecule has 0 aliphatic rings. The van der Waals surface area contributed by atoms with E-state index in [0.29, 0.717) is 13.0 Å². The fourth-order valence-corrected chi connectivity index (χ4v) is 3.18. The zero-order valence-corrected chi connectivity index (χ0v) is 16.2. The molecule has 1 atom stereocenters. The van der Waals surface area contributed by atoms with E-state index in [1.54, 1.807) is 11.8 Å². The monoisotopic (exact) mass is 377 g/mol. The predicted octanol–water partition coefficient (Wildman–Crippen LogP) is 5.10. The van der Waals surface area contributed by atoms with Gasteiger partial charge in [0, 0.05) is 16.3 Å². The van der Waals surface area contributed by atoms with Crippen molar-refractivity contribution in [2.45, 2.75) is 37.6 Å². The van der Waals surface area contributed by atoms with Gasteiger partial charge in [0.1, 0.15) is 12.4 Å². The molecule has 0 radical (unpaired) electrons. The molecule has 0 saturated heterocycles.